The Morgan fingerprint density at radius 2 is 2.21 bits per heavy atom. The minimum absolute atomic E-state index is 0.0967. The van der Waals surface area contributed by atoms with Crippen LogP contribution < -0.4 is 5.32 Å². The molecular weight excluding hydrogens is 184 g/mol. The Balaban J connectivity index is 2.76. The second kappa shape index (κ2) is 4.21. The Kier molecular flexibility index (Phi) is 3.22. The van der Waals surface area contributed by atoms with Crippen molar-refractivity contribution in [1.29, 1.82) is 0 Å². The molecule has 14 heavy (non-hydrogen) atoms. The van der Waals surface area contributed by atoms with Crippen LogP contribution in [0, 0.1) is 5.92 Å². The van der Waals surface area contributed by atoms with E-state index in [9.17, 15) is 9.59 Å². The summed E-state index contributed by atoms with van der Waals surface area (Å²) in [5, 5.41) is 2.69. The highest BCUT2D eigenvalue weighted by molar-refractivity contribution is 6.14. The van der Waals surface area contributed by atoms with Gasteiger partial charge in [-0.25, -0.2) is 4.79 Å². The highest BCUT2D eigenvalue weighted by Gasteiger charge is 2.33. The molecule has 2 amide bonds. The molecule has 1 fully saturated rings. The van der Waals surface area contributed by atoms with Crippen molar-refractivity contribution in [2.45, 2.75) is 26.8 Å². The second-order valence-electron chi connectivity index (χ2n) is 3.19. The summed E-state index contributed by atoms with van der Waals surface area (Å²) in [6.45, 7) is 5.51. The zero-order valence-electron chi connectivity index (χ0n) is 8.53. The van der Waals surface area contributed by atoms with Crippen LogP contribution >= 0.6 is 0 Å². The molecule has 0 aromatic rings. The van der Waals surface area contributed by atoms with E-state index >= 15 is 0 Å². The summed E-state index contributed by atoms with van der Waals surface area (Å²) in [4.78, 5) is 26.0. The van der Waals surface area contributed by atoms with Gasteiger partial charge in [0.15, 0.2) is 0 Å². The third-order valence-electron chi connectivity index (χ3n) is 2.13. The van der Waals surface area contributed by atoms with E-state index in [2.05, 4.69) is 15.0 Å². The number of aliphatic imine (C=N–C) groups is 1. The number of hydrogen-bond donors (Lipinski definition) is 1. The van der Waals surface area contributed by atoms with Crippen LogP contribution in [0.5, 0.6) is 0 Å². The quantitative estimate of drug-likeness (QED) is 0.675. The molecule has 0 radical (unpaired) electrons. The fraction of sp³-hybridized carbons (Fsp3) is 0.667. The van der Waals surface area contributed by atoms with Gasteiger partial charge in [0.1, 0.15) is 0 Å². The standard InChI is InChI=1S/C9H14N2O3/c1-4-14-9(13)11-7-5(2)8(12)10-6(7)3/h5-6H,4H2,1-3H3,(H,10,12)/b11-7+. The smallest absolute Gasteiger partial charge is 0.433 e. The molecule has 1 rings (SSSR count). The van der Waals surface area contributed by atoms with Gasteiger partial charge in [-0.05, 0) is 20.8 Å². The minimum atomic E-state index is -0.627. The Hall–Kier alpha value is -1.39. The molecule has 5 nitrogen and oxygen atoms in total. The molecule has 0 saturated carbocycles. The van der Waals surface area contributed by atoms with Crippen LogP contribution in [-0.2, 0) is 9.53 Å². The van der Waals surface area contributed by atoms with E-state index in [1.807, 2.05) is 0 Å². The fourth-order valence-corrected chi connectivity index (χ4v) is 1.38. The monoisotopic (exact) mass is 198 g/mol. The van der Waals surface area contributed by atoms with Gasteiger partial charge in [-0.15, -0.1) is 0 Å². The molecule has 1 saturated heterocycles. The fourth-order valence-electron chi connectivity index (χ4n) is 1.38. The van der Waals surface area contributed by atoms with Gasteiger partial charge < -0.3 is 10.1 Å². The van der Waals surface area contributed by atoms with Crippen molar-refractivity contribution in [3.8, 4) is 0 Å². The molecule has 0 aromatic carbocycles. The SMILES string of the molecule is CCOC(=O)/N=C1/C(C)NC(=O)C1C. The Labute approximate surface area is 82.5 Å². The number of amides is 2. The molecule has 2 atom stereocenters. The van der Waals surface area contributed by atoms with E-state index in [1.54, 1.807) is 20.8 Å². The molecule has 1 heterocycles. The van der Waals surface area contributed by atoms with Crippen LogP contribution in [0.2, 0.25) is 0 Å². The average molecular weight is 198 g/mol. The molecule has 1 N–H and O–H groups in total. The van der Waals surface area contributed by atoms with Crippen molar-refractivity contribution in [1.82, 2.24) is 5.32 Å². The molecule has 0 bridgehead atoms. The highest BCUT2D eigenvalue weighted by atomic mass is 16.5. The van der Waals surface area contributed by atoms with Crippen molar-refractivity contribution in [3.05, 3.63) is 0 Å². The summed E-state index contributed by atoms with van der Waals surface area (Å²) < 4.78 is 4.67. The van der Waals surface area contributed by atoms with Gasteiger partial charge in [0.2, 0.25) is 5.91 Å². The van der Waals surface area contributed by atoms with E-state index in [0.29, 0.717) is 12.3 Å². The number of hydrogen-bond acceptors (Lipinski definition) is 3. The normalized spacial score (nSPS) is 29.1. The molecule has 78 valence electrons. The van der Waals surface area contributed by atoms with Crippen LogP contribution in [-0.4, -0.2) is 30.4 Å². The molecule has 2 unspecified atom stereocenters. The zero-order chi connectivity index (χ0) is 10.7. The maximum absolute atomic E-state index is 11.2. The van der Waals surface area contributed by atoms with Gasteiger partial charge in [-0.3, -0.25) is 4.79 Å². The first-order valence-corrected chi connectivity index (χ1v) is 4.61. The summed E-state index contributed by atoms with van der Waals surface area (Å²) in [5.41, 5.74) is 0.549. The summed E-state index contributed by atoms with van der Waals surface area (Å²) >= 11 is 0. The number of carbonyl (C=O) groups is 2. The predicted octanol–water partition coefficient (Wildman–Crippen LogP) is 0.738. The van der Waals surface area contributed by atoms with Gasteiger partial charge in [0, 0.05) is 0 Å². The second-order valence-corrected chi connectivity index (χ2v) is 3.19. The average Bonchev–Trinajstić information content (AvgIpc) is 2.33. The summed E-state index contributed by atoms with van der Waals surface area (Å²) in [5.74, 6) is -0.435. The van der Waals surface area contributed by atoms with Gasteiger partial charge >= 0.3 is 6.09 Å². The first-order valence-electron chi connectivity index (χ1n) is 4.61. The molecule has 0 aromatic heterocycles. The Bertz CT molecular complexity index is 286. The maximum Gasteiger partial charge on any atom is 0.433 e. The molecule has 1 aliphatic heterocycles. The van der Waals surface area contributed by atoms with Crippen LogP contribution in [0.15, 0.2) is 4.99 Å². The van der Waals surface area contributed by atoms with Crippen LogP contribution in [0.1, 0.15) is 20.8 Å². The zero-order valence-corrected chi connectivity index (χ0v) is 8.53. The summed E-state index contributed by atoms with van der Waals surface area (Å²) in [6, 6.07) is -0.179. The lowest BCUT2D eigenvalue weighted by molar-refractivity contribution is -0.121. The van der Waals surface area contributed by atoms with Crippen molar-refractivity contribution in [2.24, 2.45) is 10.9 Å². The predicted molar refractivity (Wildman–Crippen MR) is 51.2 cm³/mol. The third kappa shape index (κ3) is 2.10. The van der Waals surface area contributed by atoms with Crippen LogP contribution in [0.4, 0.5) is 4.79 Å². The van der Waals surface area contributed by atoms with E-state index in [4.69, 9.17) is 0 Å². The number of carbonyl (C=O) groups excluding carboxylic acids is 2. The minimum Gasteiger partial charge on any atom is -0.448 e. The van der Waals surface area contributed by atoms with Crippen LogP contribution in [0.25, 0.3) is 0 Å². The lowest BCUT2D eigenvalue weighted by atomic mass is 10.1. The van der Waals surface area contributed by atoms with Crippen molar-refractivity contribution < 1.29 is 14.3 Å². The van der Waals surface area contributed by atoms with E-state index < -0.39 is 6.09 Å². The molecule has 5 heteroatoms. The Morgan fingerprint density at radius 3 is 2.64 bits per heavy atom. The molecular formula is C9H14N2O3. The lowest BCUT2D eigenvalue weighted by Gasteiger charge is -2.04. The van der Waals surface area contributed by atoms with Crippen molar-refractivity contribution in [2.75, 3.05) is 6.61 Å². The van der Waals surface area contributed by atoms with Crippen molar-refractivity contribution >= 4 is 17.7 Å². The Morgan fingerprint density at radius 1 is 1.57 bits per heavy atom. The van der Waals surface area contributed by atoms with E-state index in [0.717, 1.165) is 0 Å². The van der Waals surface area contributed by atoms with Crippen molar-refractivity contribution in [3.63, 3.8) is 0 Å². The summed E-state index contributed by atoms with van der Waals surface area (Å²) in [6.07, 6.45) is -0.627. The van der Waals surface area contributed by atoms with Gasteiger partial charge in [0.05, 0.1) is 24.3 Å². The third-order valence-corrected chi connectivity index (χ3v) is 2.13. The number of ether oxygens (including phenoxy) is 1. The van der Waals surface area contributed by atoms with E-state index in [1.165, 1.54) is 0 Å². The molecule has 0 spiro atoms. The summed E-state index contributed by atoms with van der Waals surface area (Å²) in [7, 11) is 0. The topological polar surface area (TPSA) is 67.8 Å². The van der Waals surface area contributed by atoms with E-state index in [-0.39, 0.29) is 17.9 Å². The number of rotatable bonds is 1. The lowest BCUT2D eigenvalue weighted by Crippen LogP contribution is -2.25. The highest BCUT2D eigenvalue weighted by Crippen LogP contribution is 2.12. The van der Waals surface area contributed by atoms with Gasteiger partial charge in [-0.1, -0.05) is 0 Å². The number of nitrogens with zero attached hydrogens (tertiary/aromatic N) is 1. The first kappa shape index (κ1) is 10.7. The largest absolute Gasteiger partial charge is 0.448 e. The molecule has 0 aliphatic carbocycles. The van der Waals surface area contributed by atoms with Gasteiger partial charge in [0.25, 0.3) is 0 Å². The number of nitrogens with one attached hydrogen (secondary N) is 1. The molecule has 1 aliphatic rings. The first-order chi connectivity index (χ1) is 6.56. The maximum atomic E-state index is 11.2. The van der Waals surface area contributed by atoms with Gasteiger partial charge in [-0.2, -0.15) is 4.99 Å². The van der Waals surface area contributed by atoms with Crippen LogP contribution in [0.3, 0.4) is 0 Å².